The monoisotopic (exact) mass is 238 g/mol. The average Bonchev–Trinajstić information content (AvgIpc) is 2.24. The third kappa shape index (κ3) is 2.89. The molecule has 2 N–H and O–H groups in total. The Morgan fingerprint density at radius 2 is 2.31 bits per heavy atom. The minimum atomic E-state index is 0.664. The number of anilines is 1. The topological polar surface area (TPSA) is 29.3 Å². The van der Waals surface area contributed by atoms with Crippen molar-refractivity contribution < 1.29 is 0 Å². The lowest BCUT2D eigenvalue weighted by Gasteiger charge is -2.30. The Balaban J connectivity index is 2.00. The summed E-state index contributed by atoms with van der Waals surface area (Å²) in [6.45, 7) is 5.71. The van der Waals surface area contributed by atoms with Crippen LogP contribution in [0.3, 0.4) is 0 Å². The number of piperidine rings is 1. The molecular weight excluding hydrogens is 220 g/mol. The molecule has 2 rings (SSSR count). The maximum atomic E-state index is 6.02. The Labute approximate surface area is 102 Å². The van der Waals surface area contributed by atoms with Gasteiger partial charge in [0.1, 0.15) is 0 Å². The summed E-state index contributed by atoms with van der Waals surface area (Å²) < 4.78 is 0. The Morgan fingerprint density at radius 3 is 3.00 bits per heavy atom. The van der Waals surface area contributed by atoms with Crippen LogP contribution < -0.4 is 5.73 Å². The van der Waals surface area contributed by atoms with Crippen molar-refractivity contribution >= 4 is 17.3 Å². The second kappa shape index (κ2) is 5.07. The molecule has 0 amide bonds. The SMILES string of the molecule is CC1CCCN(Cc2ccc(N)c(Cl)c2)C1. The van der Waals surface area contributed by atoms with Crippen LogP contribution in [0, 0.1) is 5.92 Å². The first kappa shape index (κ1) is 11.7. The molecule has 2 nitrogen and oxygen atoms in total. The third-order valence-electron chi connectivity index (χ3n) is 3.21. The van der Waals surface area contributed by atoms with Crippen molar-refractivity contribution in [3.63, 3.8) is 0 Å². The summed E-state index contributed by atoms with van der Waals surface area (Å²) in [4.78, 5) is 2.50. The van der Waals surface area contributed by atoms with E-state index in [0.29, 0.717) is 10.7 Å². The highest BCUT2D eigenvalue weighted by atomic mass is 35.5. The van der Waals surface area contributed by atoms with Gasteiger partial charge in [-0.05, 0) is 43.0 Å². The maximum Gasteiger partial charge on any atom is 0.0638 e. The predicted molar refractivity (Wildman–Crippen MR) is 69.5 cm³/mol. The molecule has 0 aliphatic carbocycles. The Hall–Kier alpha value is -0.730. The Kier molecular flexibility index (Phi) is 3.72. The first-order valence-corrected chi connectivity index (χ1v) is 6.29. The number of nitrogens with zero attached hydrogens (tertiary/aromatic N) is 1. The molecule has 1 aromatic rings. The number of halogens is 1. The summed E-state index contributed by atoms with van der Waals surface area (Å²) in [6, 6.07) is 5.95. The number of hydrogen-bond acceptors (Lipinski definition) is 2. The van der Waals surface area contributed by atoms with Crippen molar-refractivity contribution in [1.82, 2.24) is 4.90 Å². The smallest absolute Gasteiger partial charge is 0.0638 e. The molecule has 0 radical (unpaired) electrons. The molecule has 1 fully saturated rings. The molecule has 0 bridgehead atoms. The summed E-state index contributed by atoms with van der Waals surface area (Å²) in [5.74, 6) is 0.818. The molecule has 1 aliphatic rings. The second-order valence-electron chi connectivity index (χ2n) is 4.84. The van der Waals surface area contributed by atoms with Crippen molar-refractivity contribution in [2.75, 3.05) is 18.8 Å². The zero-order valence-corrected chi connectivity index (χ0v) is 10.5. The lowest BCUT2D eigenvalue weighted by Crippen LogP contribution is -2.33. The molecular formula is C13H19ClN2. The van der Waals surface area contributed by atoms with Gasteiger partial charge in [0.25, 0.3) is 0 Å². The minimum absolute atomic E-state index is 0.664. The fraction of sp³-hybridized carbons (Fsp3) is 0.538. The van der Waals surface area contributed by atoms with Gasteiger partial charge in [-0.2, -0.15) is 0 Å². The molecule has 1 unspecified atom stereocenters. The molecule has 16 heavy (non-hydrogen) atoms. The number of rotatable bonds is 2. The van der Waals surface area contributed by atoms with Crippen LogP contribution in [-0.4, -0.2) is 18.0 Å². The summed E-state index contributed by atoms with van der Waals surface area (Å²) in [6.07, 6.45) is 2.67. The Morgan fingerprint density at radius 1 is 1.50 bits per heavy atom. The largest absolute Gasteiger partial charge is 0.398 e. The molecule has 1 aromatic carbocycles. The van der Waals surface area contributed by atoms with Gasteiger partial charge >= 0.3 is 0 Å². The van der Waals surface area contributed by atoms with E-state index >= 15 is 0 Å². The van der Waals surface area contributed by atoms with Crippen LogP contribution in [0.4, 0.5) is 5.69 Å². The van der Waals surface area contributed by atoms with Crippen molar-refractivity contribution in [1.29, 1.82) is 0 Å². The average molecular weight is 239 g/mol. The molecule has 1 saturated heterocycles. The Bertz CT molecular complexity index is 365. The van der Waals surface area contributed by atoms with E-state index in [1.54, 1.807) is 0 Å². The number of benzene rings is 1. The maximum absolute atomic E-state index is 6.02. The van der Waals surface area contributed by atoms with Crippen LogP contribution in [0.2, 0.25) is 5.02 Å². The standard InChI is InChI=1S/C13H19ClN2/c1-10-3-2-6-16(8-10)9-11-4-5-13(15)12(14)7-11/h4-5,7,10H,2-3,6,8-9,15H2,1H3. The fourth-order valence-corrected chi connectivity index (χ4v) is 2.56. The van der Waals surface area contributed by atoms with Gasteiger partial charge in [-0.3, -0.25) is 4.90 Å². The normalized spacial score (nSPS) is 22.2. The van der Waals surface area contributed by atoms with Crippen molar-refractivity contribution in [3.05, 3.63) is 28.8 Å². The van der Waals surface area contributed by atoms with Crippen molar-refractivity contribution in [3.8, 4) is 0 Å². The highest BCUT2D eigenvalue weighted by Crippen LogP contribution is 2.22. The molecule has 1 atom stereocenters. The molecule has 0 saturated carbocycles. The van der Waals surface area contributed by atoms with E-state index in [-0.39, 0.29) is 0 Å². The van der Waals surface area contributed by atoms with Gasteiger partial charge in [-0.1, -0.05) is 24.6 Å². The van der Waals surface area contributed by atoms with E-state index in [1.807, 2.05) is 12.1 Å². The number of nitrogens with two attached hydrogens (primary N) is 1. The van der Waals surface area contributed by atoms with Crippen LogP contribution in [0.25, 0.3) is 0 Å². The molecule has 0 aromatic heterocycles. The van der Waals surface area contributed by atoms with Crippen LogP contribution in [0.5, 0.6) is 0 Å². The number of hydrogen-bond donors (Lipinski definition) is 1. The number of nitrogen functional groups attached to an aromatic ring is 1. The van der Waals surface area contributed by atoms with Crippen LogP contribution >= 0.6 is 11.6 Å². The van der Waals surface area contributed by atoms with Gasteiger partial charge < -0.3 is 5.73 Å². The van der Waals surface area contributed by atoms with Gasteiger partial charge in [0, 0.05) is 13.1 Å². The lowest BCUT2D eigenvalue weighted by atomic mass is 10.00. The van der Waals surface area contributed by atoms with Gasteiger partial charge in [-0.15, -0.1) is 0 Å². The number of likely N-dealkylation sites (tertiary alicyclic amines) is 1. The van der Waals surface area contributed by atoms with E-state index in [1.165, 1.54) is 31.5 Å². The van der Waals surface area contributed by atoms with Gasteiger partial charge in [0.15, 0.2) is 0 Å². The van der Waals surface area contributed by atoms with E-state index in [2.05, 4.69) is 17.9 Å². The van der Waals surface area contributed by atoms with E-state index < -0.39 is 0 Å². The summed E-state index contributed by atoms with van der Waals surface area (Å²) in [5, 5.41) is 0.669. The minimum Gasteiger partial charge on any atom is -0.398 e. The lowest BCUT2D eigenvalue weighted by molar-refractivity contribution is 0.176. The zero-order chi connectivity index (χ0) is 11.5. The molecule has 1 heterocycles. The van der Waals surface area contributed by atoms with Gasteiger partial charge in [0.2, 0.25) is 0 Å². The second-order valence-corrected chi connectivity index (χ2v) is 5.25. The predicted octanol–water partition coefficient (Wildman–Crippen LogP) is 3.15. The first-order chi connectivity index (χ1) is 7.65. The zero-order valence-electron chi connectivity index (χ0n) is 9.75. The molecule has 3 heteroatoms. The quantitative estimate of drug-likeness (QED) is 0.802. The fourth-order valence-electron chi connectivity index (χ4n) is 2.36. The first-order valence-electron chi connectivity index (χ1n) is 5.91. The molecule has 0 spiro atoms. The molecule has 88 valence electrons. The van der Waals surface area contributed by atoms with Crippen LogP contribution in [0.15, 0.2) is 18.2 Å². The van der Waals surface area contributed by atoms with E-state index in [0.717, 1.165) is 12.5 Å². The highest BCUT2D eigenvalue weighted by Gasteiger charge is 2.16. The van der Waals surface area contributed by atoms with Gasteiger partial charge in [0.05, 0.1) is 10.7 Å². The van der Waals surface area contributed by atoms with Gasteiger partial charge in [-0.25, -0.2) is 0 Å². The summed E-state index contributed by atoms with van der Waals surface area (Å²) in [5.41, 5.74) is 7.62. The molecule has 1 aliphatic heterocycles. The van der Waals surface area contributed by atoms with Crippen LogP contribution in [0.1, 0.15) is 25.3 Å². The van der Waals surface area contributed by atoms with E-state index in [4.69, 9.17) is 17.3 Å². The van der Waals surface area contributed by atoms with Crippen molar-refractivity contribution in [2.45, 2.75) is 26.3 Å². The highest BCUT2D eigenvalue weighted by molar-refractivity contribution is 6.33. The summed E-state index contributed by atoms with van der Waals surface area (Å²) in [7, 11) is 0. The van der Waals surface area contributed by atoms with E-state index in [9.17, 15) is 0 Å². The third-order valence-corrected chi connectivity index (χ3v) is 3.54. The van der Waals surface area contributed by atoms with Crippen molar-refractivity contribution in [2.24, 2.45) is 5.92 Å². The van der Waals surface area contributed by atoms with Crippen LogP contribution in [-0.2, 0) is 6.54 Å². The summed E-state index contributed by atoms with van der Waals surface area (Å²) >= 11 is 6.02.